The summed E-state index contributed by atoms with van der Waals surface area (Å²) in [5, 5.41) is 75.8. The van der Waals surface area contributed by atoms with E-state index in [9.17, 15) is 49.8 Å². The Morgan fingerprint density at radius 2 is 1.59 bits per heavy atom. The fourth-order valence-corrected chi connectivity index (χ4v) is 15.7. The molecule has 78 heavy (non-hydrogen) atoms. The Morgan fingerprint density at radius 1 is 0.897 bits per heavy atom. The standard InChI is InChI=1S/C59H99N3O16/c1-15-44-58(11,71)49(66)35(5)62(24-16-23-60-53(69)59(72)22-20-40-39-18-17-37-26-38(63)19-21-54(37,7)47(39)42(64)29-55(40,59)8)31-32(2)28-56(9,70)45(78-52-48(65)41(61(12)13)25-33(3)74-52)27-43(34(4)51(68)77-44)76-46-30-57(10,73-14)50(67)36(6)75-46/h26,32-36,39-41,43-50,52,65-67,70-72H,15-25,27-31H2,1-14H3,(H,60,69)/t32-,33-,34-,35?,36-,39?,40?,41?,43+,44-,45-,46-,47?,48-,49?,50?,52+,54+,55+,56-,57+,58-,59+/m1/s1. The molecule has 4 aliphatic carbocycles. The number of allylic oxidation sites excluding steroid dienone is 1. The fraction of sp³-hybridized carbons (Fsp3) is 0.898. The summed E-state index contributed by atoms with van der Waals surface area (Å²) < 4.78 is 37.9. The molecule has 7 aliphatic rings. The average molecular weight is 1110 g/mol. The molecular formula is C59H99N3O16. The molecule has 3 saturated heterocycles. The number of hydrogen-bond acceptors (Lipinski definition) is 18. The third kappa shape index (κ3) is 12.1. The van der Waals surface area contributed by atoms with Gasteiger partial charge >= 0.3 is 5.97 Å². The van der Waals surface area contributed by atoms with Crippen molar-refractivity contribution < 1.29 is 78.2 Å². The molecule has 0 bridgehead atoms. The van der Waals surface area contributed by atoms with Crippen molar-refractivity contribution in [2.75, 3.05) is 40.8 Å². The van der Waals surface area contributed by atoms with E-state index in [2.05, 4.69) is 12.2 Å². The van der Waals surface area contributed by atoms with Crippen LogP contribution in [0.15, 0.2) is 11.6 Å². The number of nitrogens with one attached hydrogen (secondary N) is 1. The van der Waals surface area contributed by atoms with Crippen molar-refractivity contribution in [1.29, 1.82) is 0 Å². The molecule has 1 amide bonds. The first-order valence-corrected chi connectivity index (χ1v) is 29.3. The maximum atomic E-state index is 14.6. The lowest BCUT2D eigenvalue weighted by Crippen LogP contribution is -2.62. The highest BCUT2D eigenvalue weighted by atomic mass is 16.7. The quantitative estimate of drug-likeness (QED) is 0.108. The summed E-state index contributed by atoms with van der Waals surface area (Å²) >= 11 is 0. The second-order valence-corrected chi connectivity index (χ2v) is 26.6. The SMILES string of the molecule is CC[C@H]1OC(=O)[C@H](C)[C@@H](O[C@@H]2C[C@](C)(OC)C(O)[C@@H](C)O2)C[C@@H](O[C@@H]2O[C@H](C)CC(N(C)C)[C@H]2O)[C@](C)(O)C[C@@H](C)CN(CCCNC(=O)[C@@]2(O)CCC3C4CCC5=CC(=O)CC[C@]5(C)C4C(=O)C[C@@]32C)C(C)C(O)[C@]1(C)O. The number of amides is 1. The molecule has 3 saturated carbocycles. The predicted molar refractivity (Wildman–Crippen MR) is 288 cm³/mol. The van der Waals surface area contributed by atoms with Gasteiger partial charge in [0.15, 0.2) is 18.4 Å². The molecule has 0 radical (unpaired) electrons. The highest BCUT2D eigenvalue weighted by molar-refractivity contribution is 5.94. The lowest BCUT2D eigenvalue weighted by atomic mass is 9.46. The van der Waals surface area contributed by atoms with Crippen LogP contribution in [0.5, 0.6) is 0 Å². The van der Waals surface area contributed by atoms with Crippen LogP contribution >= 0.6 is 0 Å². The summed E-state index contributed by atoms with van der Waals surface area (Å²) in [6.45, 7) is 20.3. The van der Waals surface area contributed by atoms with Crippen LogP contribution in [0.2, 0.25) is 0 Å². The van der Waals surface area contributed by atoms with Crippen molar-refractivity contribution in [2.45, 2.75) is 256 Å². The van der Waals surface area contributed by atoms with Crippen molar-refractivity contribution in [2.24, 2.45) is 40.4 Å². The number of carbonyl (C=O) groups excluding carboxylic acids is 4. The number of fused-ring (bicyclic) bond motifs is 5. The van der Waals surface area contributed by atoms with Crippen LogP contribution in [0, 0.1) is 40.4 Å². The van der Waals surface area contributed by atoms with Crippen molar-refractivity contribution in [3.63, 3.8) is 0 Å². The van der Waals surface area contributed by atoms with Gasteiger partial charge in [-0.25, -0.2) is 0 Å². The zero-order valence-corrected chi connectivity index (χ0v) is 49.4. The number of hydrogen-bond donors (Lipinski definition) is 7. The highest BCUT2D eigenvalue weighted by Gasteiger charge is 2.69. The number of carbonyl (C=O) groups is 4. The number of methoxy groups -OCH3 is 1. The lowest BCUT2D eigenvalue weighted by Gasteiger charge is -2.57. The van der Waals surface area contributed by atoms with Crippen molar-refractivity contribution >= 4 is 23.4 Å². The molecule has 23 atom stereocenters. The van der Waals surface area contributed by atoms with Gasteiger partial charge in [0.1, 0.15) is 41.4 Å². The number of likely N-dealkylation sites (N-methyl/N-ethyl adjacent to an activating group) is 1. The number of cyclic esters (lactones) is 1. The predicted octanol–water partition coefficient (Wildman–Crippen LogP) is 3.97. The molecule has 0 spiro atoms. The molecule has 0 aromatic heterocycles. The summed E-state index contributed by atoms with van der Waals surface area (Å²) in [6.07, 6.45) is -3.97. The van der Waals surface area contributed by atoms with Gasteiger partial charge in [-0.1, -0.05) is 33.3 Å². The Balaban J connectivity index is 1.13. The molecule has 7 unspecified atom stereocenters. The molecular weight excluding hydrogens is 1010 g/mol. The second kappa shape index (κ2) is 24.0. The molecule has 446 valence electrons. The summed E-state index contributed by atoms with van der Waals surface area (Å²) in [5.74, 6) is -2.82. The Labute approximate surface area is 463 Å². The number of aliphatic hydroxyl groups is 6. The van der Waals surface area contributed by atoms with Gasteiger partial charge in [0.25, 0.3) is 5.91 Å². The largest absolute Gasteiger partial charge is 0.459 e. The number of esters is 1. The molecule has 19 heteroatoms. The van der Waals surface area contributed by atoms with Crippen LogP contribution in [-0.4, -0.2) is 201 Å². The molecule has 7 N–H and O–H groups in total. The maximum absolute atomic E-state index is 14.6. The van der Waals surface area contributed by atoms with Crippen LogP contribution in [0.3, 0.4) is 0 Å². The summed E-state index contributed by atoms with van der Waals surface area (Å²) in [5.41, 5.74) is -6.84. The first-order chi connectivity index (χ1) is 36.3. The number of ether oxygens (including phenoxy) is 6. The first-order valence-electron chi connectivity index (χ1n) is 29.3. The maximum Gasteiger partial charge on any atom is 0.311 e. The molecule has 0 aromatic rings. The van der Waals surface area contributed by atoms with Gasteiger partial charge in [0.2, 0.25) is 0 Å². The van der Waals surface area contributed by atoms with Gasteiger partial charge in [-0.15, -0.1) is 0 Å². The van der Waals surface area contributed by atoms with Crippen LogP contribution in [0.4, 0.5) is 0 Å². The lowest BCUT2D eigenvalue weighted by molar-refractivity contribution is -0.307. The number of aliphatic hydroxyl groups excluding tert-OH is 3. The molecule has 19 nitrogen and oxygen atoms in total. The Morgan fingerprint density at radius 3 is 2.24 bits per heavy atom. The topological polar surface area (TPSA) is 264 Å². The Hall–Kier alpha value is -2.50. The van der Waals surface area contributed by atoms with Gasteiger partial charge in [0, 0.05) is 75.8 Å². The van der Waals surface area contributed by atoms with Crippen molar-refractivity contribution in [3.8, 4) is 0 Å². The summed E-state index contributed by atoms with van der Waals surface area (Å²) in [6, 6.07) is -1.10. The summed E-state index contributed by atoms with van der Waals surface area (Å²) in [4.78, 5) is 59.6. The smallest absolute Gasteiger partial charge is 0.311 e. The van der Waals surface area contributed by atoms with E-state index in [0.717, 1.165) is 18.4 Å². The van der Waals surface area contributed by atoms with Crippen molar-refractivity contribution in [1.82, 2.24) is 15.1 Å². The number of nitrogens with zero attached hydrogens (tertiary/aromatic N) is 2. The number of Topliss-reactive ketones (excluding diaryl/α,β-unsaturated/α-hetero) is 1. The fourth-order valence-electron chi connectivity index (χ4n) is 15.7. The molecule has 3 aliphatic heterocycles. The van der Waals surface area contributed by atoms with E-state index in [-0.39, 0.29) is 99.0 Å². The number of rotatable bonds is 12. The van der Waals surface area contributed by atoms with E-state index in [1.807, 2.05) is 44.7 Å². The van der Waals surface area contributed by atoms with Crippen LogP contribution in [-0.2, 0) is 47.6 Å². The zero-order chi connectivity index (χ0) is 57.8. The van der Waals surface area contributed by atoms with Gasteiger partial charge in [0.05, 0.1) is 41.5 Å². The third-order valence-electron chi connectivity index (χ3n) is 20.8. The minimum Gasteiger partial charge on any atom is -0.459 e. The third-order valence-corrected chi connectivity index (χ3v) is 20.8. The minimum atomic E-state index is -1.98. The van der Waals surface area contributed by atoms with E-state index in [4.69, 9.17) is 28.4 Å². The van der Waals surface area contributed by atoms with Crippen LogP contribution in [0.25, 0.3) is 0 Å². The van der Waals surface area contributed by atoms with E-state index in [0.29, 0.717) is 38.6 Å². The van der Waals surface area contributed by atoms with E-state index < -0.39 is 112 Å². The van der Waals surface area contributed by atoms with E-state index >= 15 is 0 Å². The van der Waals surface area contributed by atoms with Crippen LogP contribution < -0.4 is 5.32 Å². The molecule has 7 rings (SSSR count). The first kappa shape index (κ1) is 63.1. The zero-order valence-electron chi connectivity index (χ0n) is 49.4. The monoisotopic (exact) mass is 1110 g/mol. The van der Waals surface area contributed by atoms with Crippen molar-refractivity contribution in [3.05, 3.63) is 11.6 Å². The van der Waals surface area contributed by atoms with E-state index in [1.54, 1.807) is 47.6 Å². The van der Waals surface area contributed by atoms with Gasteiger partial charge in [-0.05, 0) is 150 Å². The van der Waals surface area contributed by atoms with Gasteiger partial charge < -0.3 is 69.3 Å². The molecule has 6 fully saturated rings. The molecule has 3 heterocycles. The number of ketones is 2. The average Bonchev–Trinajstić information content (AvgIpc) is 3.87. The van der Waals surface area contributed by atoms with Crippen LogP contribution in [0.1, 0.15) is 160 Å². The van der Waals surface area contributed by atoms with Gasteiger partial charge in [-0.3, -0.25) is 24.1 Å². The molecule has 0 aromatic carbocycles. The Bertz CT molecular complexity index is 2180. The second-order valence-electron chi connectivity index (χ2n) is 26.6. The minimum absolute atomic E-state index is 0.000684. The summed E-state index contributed by atoms with van der Waals surface area (Å²) in [7, 11) is 5.22. The van der Waals surface area contributed by atoms with Gasteiger partial charge in [-0.2, -0.15) is 0 Å². The highest BCUT2D eigenvalue weighted by Crippen LogP contribution is 2.66. The Kier molecular flexibility index (Phi) is 19.4. The normalized spacial score (nSPS) is 48.2. The van der Waals surface area contributed by atoms with E-state index in [1.165, 1.54) is 14.0 Å².